The van der Waals surface area contributed by atoms with Gasteiger partial charge in [0.15, 0.2) is 0 Å². The Morgan fingerprint density at radius 1 is 0.900 bits per heavy atom. The van der Waals surface area contributed by atoms with Gasteiger partial charge in [-0.3, -0.25) is 0 Å². The van der Waals surface area contributed by atoms with Gasteiger partial charge in [-0.1, -0.05) is 78.7 Å². The summed E-state index contributed by atoms with van der Waals surface area (Å²) < 4.78 is 0. The smallest absolute Gasteiger partial charge is 0.330 e. The Hall–Kier alpha value is -0.790. The number of carboxylic acids is 1. The largest absolute Gasteiger partial charge is 0.478 e. The van der Waals surface area contributed by atoms with Crippen molar-refractivity contribution >= 4 is 5.97 Å². The Morgan fingerprint density at radius 3 is 1.90 bits per heavy atom. The second-order valence-electron chi connectivity index (χ2n) is 6.65. The second kappa shape index (κ2) is 12.0. The van der Waals surface area contributed by atoms with E-state index in [1.165, 1.54) is 51.4 Å². The highest BCUT2D eigenvalue weighted by Crippen LogP contribution is 2.18. The third-order valence-corrected chi connectivity index (χ3v) is 3.97. The van der Waals surface area contributed by atoms with E-state index in [4.69, 9.17) is 5.11 Å². The van der Waals surface area contributed by atoms with Crippen LogP contribution in [0.4, 0.5) is 0 Å². The maximum absolute atomic E-state index is 10.6. The summed E-state index contributed by atoms with van der Waals surface area (Å²) >= 11 is 0. The van der Waals surface area contributed by atoms with E-state index in [1.807, 2.05) is 0 Å². The van der Waals surface area contributed by atoms with Gasteiger partial charge in [-0.05, 0) is 24.7 Å². The van der Waals surface area contributed by atoms with E-state index in [0.717, 1.165) is 12.3 Å². The molecule has 0 amide bonds. The Kier molecular flexibility index (Phi) is 11.5. The molecule has 118 valence electrons. The molecule has 0 aliphatic carbocycles. The highest BCUT2D eigenvalue weighted by Gasteiger charge is 2.07. The average molecular weight is 282 g/mol. The van der Waals surface area contributed by atoms with Gasteiger partial charge < -0.3 is 5.11 Å². The van der Waals surface area contributed by atoms with Crippen LogP contribution in [-0.2, 0) is 4.79 Å². The number of unbranched alkanes of at least 4 members (excludes halogenated alkanes) is 5. The van der Waals surface area contributed by atoms with Crippen molar-refractivity contribution in [3.8, 4) is 0 Å². The van der Waals surface area contributed by atoms with Crippen LogP contribution in [0.15, 0.2) is 12.2 Å². The number of aliphatic carboxylic acids is 1. The predicted octanol–water partition coefficient (Wildman–Crippen LogP) is 5.82. The first kappa shape index (κ1) is 19.2. The molecule has 1 N–H and O–H groups in total. The van der Waals surface area contributed by atoms with Crippen molar-refractivity contribution in [2.75, 3.05) is 0 Å². The Morgan fingerprint density at radius 2 is 1.40 bits per heavy atom. The van der Waals surface area contributed by atoms with Crippen LogP contribution in [0.2, 0.25) is 0 Å². The van der Waals surface area contributed by atoms with Crippen molar-refractivity contribution in [3.63, 3.8) is 0 Å². The van der Waals surface area contributed by atoms with E-state index >= 15 is 0 Å². The highest BCUT2D eigenvalue weighted by atomic mass is 16.4. The molecule has 0 spiro atoms. The van der Waals surface area contributed by atoms with Crippen molar-refractivity contribution < 1.29 is 9.90 Å². The zero-order valence-corrected chi connectivity index (χ0v) is 13.8. The summed E-state index contributed by atoms with van der Waals surface area (Å²) in [5.41, 5.74) is 0.349. The van der Waals surface area contributed by atoms with Gasteiger partial charge in [0.2, 0.25) is 0 Å². The maximum Gasteiger partial charge on any atom is 0.330 e. The zero-order chi connectivity index (χ0) is 15.4. The first-order valence-electron chi connectivity index (χ1n) is 8.34. The Labute approximate surface area is 125 Å². The lowest BCUT2D eigenvalue weighted by molar-refractivity contribution is -0.132. The van der Waals surface area contributed by atoms with E-state index < -0.39 is 5.97 Å². The van der Waals surface area contributed by atoms with Crippen LogP contribution < -0.4 is 0 Å². The summed E-state index contributed by atoms with van der Waals surface area (Å²) in [6, 6.07) is 0. The standard InChI is InChI=1S/C18H34O2/c1-15(2)11-9-7-5-6-8-10-12-16(3)13-14-17(4)18(19)20/h15-16H,4-14H2,1-3H3,(H,19,20). The van der Waals surface area contributed by atoms with Crippen LogP contribution >= 0.6 is 0 Å². The molecule has 1 unspecified atom stereocenters. The second-order valence-corrected chi connectivity index (χ2v) is 6.65. The maximum atomic E-state index is 10.6. The molecule has 0 saturated carbocycles. The average Bonchev–Trinajstić information content (AvgIpc) is 2.38. The number of hydrogen-bond acceptors (Lipinski definition) is 1. The van der Waals surface area contributed by atoms with Crippen molar-refractivity contribution in [1.29, 1.82) is 0 Å². The van der Waals surface area contributed by atoms with Crippen molar-refractivity contribution in [3.05, 3.63) is 12.2 Å². The summed E-state index contributed by atoms with van der Waals surface area (Å²) in [4.78, 5) is 10.6. The third kappa shape index (κ3) is 12.3. The fourth-order valence-corrected chi connectivity index (χ4v) is 2.42. The molecule has 0 aromatic carbocycles. The lowest BCUT2D eigenvalue weighted by Gasteiger charge is -2.11. The molecule has 0 aromatic rings. The normalized spacial score (nSPS) is 12.6. The van der Waals surface area contributed by atoms with Gasteiger partial charge in [-0.2, -0.15) is 0 Å². The molecule has 0 aromatic heterocycles. The third-order valence-electron chi connectivity index (χ3n) is 3.97. The molecule has 0 fully saturated rings. The molecule has 0 saturated heterocycles. The number of carbonyl (C=O) groups is 1. The summed E-state index contributed by atoms with van der Waals surface area (Å²) in [6.07, 6.45) is 12.3. The van der Waals surface area contributed by atoms with Gasteiger partial charge in [-0.25, -0.2) is 4.79 Å². The van der Waals surface area contributed by atoms with Crippen molar-refractivity contribution in [2.45, 2.75) is 85.0 Å². The molecule has 0 radical (unpaired) electrons. The topological polar surface area (TPSA) is 37.3 Å². The summed E-state index contributed by atoms with van der Waals surface area (Å²) in [7, 11) is 0. The van der Waals surface area contributed by atoms with Crippen LogP contribution in [0.1, 0.15) is 85.0 Å². The molecule has 0 aliphatic heterocycles. The van der Waals surface area contributed by atoms with E-state index in [1.54, 1.807) is 0 Å². The van der Waals surface area contributed by atoms with Crippen LogP contribution in [0.25, 0.3) is 0 Å². The van der Waals surface area contributed by atoms with Crippen LogP contribution in [-0.4, -0.2) is 11.1 Å². The fourth-order valence-electron chi connectivity index (χ4n) is 2.42. The molecule has 0 rings (SSSR count). The molecular weight excluding hydrogens is 248 g/mol. The molecular formula is C18H34O2. The van der Waals surface area contributed by atoms with Crippen molar-refractivity contribution in [1.82, 2.24) is 0 Å². The Balaban J connectivity index is 3.33. The van der Waals surface area contributed by atoms with E-state index in [2.05, 4.69) is 27.4 Å². The summed E-state index contributed by atoms with van der Waals surface area (Å²) in [6.45, 7) is 10.4. The monoisotopic (exact) mass is 282 g/mol. The van der Waals surface area contributed by atoms with Crippen molar-refractivity contribution in [2.24, 2.45) is 11.8 Å². The quantitative estimate of drug-likeness (QED) is 0.341. The first-order valence-corrected chi connectivity index (χ1v) is 8.34. The van der Waals surface area contributed by atoms with Gasteiger partial charge in [0.1, 0.15) is 0 Å². The predicted molar refractivity (Wildman–Crippen MR) is 86.9 cm³/mol. The van der Waals surface area contributed by atoms with E-state index in [0.29, 0.717) is 17.9 Å². The summed E-state index contributed by atoms with van der Waals surface area (Å²) in [5.74, 6) is 0.613. The minimum atomic E-state index is -0.849. The number of hydrogen-bond donors (Lipinski definition) is 1. The van der Waals surface area contributed by atoms with Crippen LogP contribution in [0.5, 0.6) is 0 Å². The molecule has 0 heterocycles. The fraction of sp³-hybridized carbons (Fsp3) is 0.833. The summed E-state index contributed by atoms with van der Waals surface area (Å²) in [5, 5.41) is 8.75. The lowest BCUT2D eigenvalue weighted by atomic mass is 9.95. The van der Waals surface area contributed by atoms with E-state index in [-0.39, 0.29) is 0 Å². The van der Waals surface area contributed by atoms with E-state index in [9.17, 15) is 4.79 Å². The number of carboxylic acid groups (broad SMARTS) is 1. The minimum Gasteiger partial charge on any atom is -0.478 e. The Bertz CT molecular complexity index is 269. The van der Waals surface area contributed by atoms with Crippen LogP contribution in [0.3, 0.4) is 0 Å². The molecule has 2 heteroatoms. The molecule has 1 atom stereocenters. The van der Waals surface area contributed by atoms with Gasteiger partial charge >= 0.3 is 5.97 Å². The zero-order valence-electron chi connectivity index (χ0n) is 13.8. The lowest BCUT2D eigenvalue weighted by Crippen LogP contribution is -2.02. The van der Waals surface area contributed by atoms with Gasteiger partial charge in [0.25, 0.3) is 0 Å². The highest BCUT2D eigenvalue weighted by molar-refractivity contribution is 5.85. The van der Waals surface area contributed by atoms with Gasteiger partial charge in [-0.15, -0.1) is 0 Å². The minimum absolute atomic E-state index is 0.349. The first-order chi connectivity index (χ1) is 9.43. The molecule has 20 heavy (non-hydrogen) atoms. The SMILES string of the molecule is C=C(CCC(C)CCCCCCCCC(C)C)C(=O)O. The van der Waals surface area contributed by atoms with Gasteiger partial charge in [0, 0.05) is 5.57 Å². The molecule has 0 aliphatic rings. The molecule has 0 bridgehead atoms. The molecule has 2 nitrogen and oxygen atoms in total. The number of rotatable bonds is 13. The van der Waals surface area contributed by atoms with Crippen LogP contribution in [0, 0.1) is 11.8 Å². The van der Waals surface area contributed by atoms with Gasteiger partial charge in [0.05, 0.1) is 0 Å².